The van der Waals surface area contributed by atoms with Gasteiger partial charge in [0.15, 0.2) is 23.1 Å². The number of Topliss-reactive ketones (excluding diaryl/α,β-unsaturated/α-hetero) is 1. The fraction of sp³-hybridized carbons (Fsp3) is 0.227. The van der Waals surface area contributed by atoms with E-state index in [4.69, 9.17) is 0 Å². The van der Waals surface area contributed by atoms with Gasteiger partial charge in [-0.2, -0.15) is 26.3 Å². The van der Waals surface area contributed by atoms with Crippen molar-refractivity contribution in [3.05, 3.63) is 63.7 Å². The Morgan fingerprint density at radius 2 is 1.54 bits per heavy atom. The summed E-state index contributed by atoms with van der Waals surface area (Å²) in [5.74, 6) is -8.51. The van der Waals surface area contributed by atoms with E-state index in [1.54, 1.807) is 0 Å². The second-order valence-electron chi connectivity index (χ2n) is 8.19. The molecule has 1 fully saturated rings. The molecule has 1 aliphatic heterocycles. The maximum Gasteiger partial charge on any atom is 0.417 e. The van der Waals surface area contributed by atoms with Crippen LogP contribution in [0.15, 0.2) is 35.3 Å². The van der Waals surface area contributed by atoms with E-state index < -0.39 is 94.1 Å². The van der Waals surface area contributed by atoms with Crippen molar-refractivity contribution in [1.29, 1.82) is 0 Å². The molecule has 3 aromatic rings. The molecule has 1 aliphatic rings. The Labute approximate surface area is 209 Å². The highest BCUT2D eigenvalue weighted by molar-refractivity contribution is 6.14. The number of nitrogens with one attached hydrogen (secondary N) is 1. The Kier molecular flexibility index (Phi) is 6.64. The van der Waals surface area contributed by atoms with Crippen molar-refractivity contribution in [3.8, 4) is 5.69 Å². The van der Waals surface area contributed by atoms with E-state index in [0.717, 1.165) is 17.0 Å². The third kappa shape index (κ3) is 5.15. The van der Waals surface area contributed by atoms with Crippen molar-refractivity contribution >= 4 is 34.4 Å². The standard InChI is InChI=1S/C22H11F9N4O4/c23-8-3-12(24)16(13(25)4-8)35-7-11(19(39)33-20(21(26,27)28)22(29,30)31)17(38)10-1-2-14(32-18(10)35)34-6-9(36)5-15(34)37/h1-4,7,20H,5-6H2,(H,33,39). The van der Waals surface area contributed by atoms with Gasteiger partial charge in [0, 0.05) is 18.3 Å². The van der Waals surface area contributed by atoms with Gasteiger partial charge in [0.25, 0.3) is 5.91 Å². The number of hydrogen-bond acceptors (Lipinski definition) is 5. The highest BCUT2D eigenvalue weighted by Gasteiger charge is 2.57. The SMILES string of the molecule is O=C1CC(=O)N(c2ccc3c(=O)c(C(=O)NC(C(F)(F)F)C(F)(F)F)cn(-c4c(F)cc(F)cc4F)c3n2)C1. The summed E-state index contributed by atoms with van der Waals surface area (Å²) >= 11 is 0. The number of pyridine rings is 2. The van der Waals surface area contributed by atoms with Crippen molar-refractivity contribution in [3.63, 3.8) is 0 Å². The molecule has 0 bridgehead atoms. The van der Waals surface area contributed by atoms with Crippen LogP contribution in [0.25, 0.3) is 16.7 Å². The van der Waals surface area contributed by atoms with Crippen LogP contribution < -0.4 is 15.6 Å². The fourth-order valence-electron chi connectivity index (χ4n) is 3.79. The molecule has 2 amide bonds. The summed E-state index contributed by atoms with van der Waals surface area (Å²) in [5, 5.41) is -0.0913. The van der Waals surface area contributed by atoms with Gasteiger partial charge in [0.05, 0.1) is 18.4 Å². The van der Waals surface area contributed by atoms with E-state index in [2.05, 4.69) is 4.98 Å². The minimum atomic E-state index is -6.03. The molecule has 0 unspecified atom stereocenters. The molecule has 8 nitrogen and oxygen atoms in total. The number of carbonyl (C=O) groups excluding carboxylic acids is 3. The first-order valence-electron chi connectivity index (χ1n) is 10.5. The summed E-state index contributed by atoms with van der Waals surface area (Å²) in [5.41, 5.74) is -4.85. The third-order valence-corrected chi connectivity index (χ3v) is 5.49. The summed E-state index contributed by atoms with van der Waals surface area (Å²) < 4.78 is 121. The van der Waals surface area contributed by atoms with Gasteiger partial charge in [0.2, 0.25) is 17.4 Å². The molecule has 0 radical (unpaired) electrons. The minimum absolute atomic E-state index is 0.165. The van der Waals surface area contributed by atoms with E-state index in [-0.39, 0.29) is 28.7 Å². The summed E-state index contributed by atoms with van der Waals surface area (Å²) in [6.45, 7) is -0.461. The lowest BCUT2D eigenvalue weighted by Crippen LogP contribution is -2.55. The Balaban J connectivity index is 1.97. The number of fused-ring (bicyclic) bond motifs is 1. The fourth-order valence-corrected chi connectivity index (χ4v) is 3.79. The van der Waals surface area contributed by atoms with Crippen LogP contribution in [-0.2, 0) is 9.59 Å². The second kappa shape index (κ2) is 9.39. The first kappa shape index (κ1) is 27.6. The molecule has 39 heavy (non-hydrogen) atoms. The van der Waals surface area contributed by atoms with Crippen LogP contribution >= 0.6 is 0 Å². The number of rotatable bonds is 4. The Hall–Kier alpha value is -4.44. The zero-order chi connectivity index (χ0) is 29.0. The molecule has 0 aliphatic carbocycles. The molecule has 3 heterocycles. The van der Waals surface area contributed by atoms with Crippen LogP contribution in [0.5, 0.6) is 0 Å². The quantitative estimate of drug-likeness (QED) is 0.386. The van der Waals surface area contributed by atoms with Gasteiger partial charge in [-0.1, -0.05) is 0 Å². The second-order valence-corrected chi connectivity index (χ2v) is 8.19. The van der Waals surface area contributed by atoms with E-state index in [1.165, 1.54) is 0 Å². The number of nitrogens with zero attached hydrogens (tertiary/aromatic N) is 3. The lowest BCUT2D eigenvalue weighted by Gasteiger charge is -2.24. The molecule has 1 N–H and O–H groups in total. The van der Waals surface area contributed by atoms with Crippen LogP contribution in [0.2, 0.25) is 0 Å². The van der Waals surface area contributed by atoms with Gasteiger partial charge < -0.3 is 5.32 Å². The highest BCUT2D eigenvalue weighted by atomic mass is 19.4. The van der Waals surface area contributed by atoms with Crippen LogP contribution in [0.1, 0.15) is 16.8 Å². The molecule has 1 aromatic carbocycles. The zero-order valence-corrected chi connectivity index (χ0v) is 18.8. The van der Waals surface area contributed by atoms with Crippen molar-refractivity contribution in [2.24, 2.45) is 0 Å². The molecule has 0 saturated carbocycles. The molecule has 0 spiro atoms. The normalized spacial score (nSPS) is 14.6. The number of hydrogen-bond donors (Lipinski definition) is 1. The number of ketones is 1. The molecule has 17 heteroatoms. The summed E-state index contributed by atoms with van der Waals surface area (Å²) in [4.78, 5) is 53.9. The van der Waals surface area contributed by atoms with Crippen molar-refractivity contribution in [1.82, 2.24) is 14.9 Å². The van der Waals surface area contributed by atoms with E-state index >= 15 is 0 Å². The first-order chi connectivity index (χ1) is 18.0. The largest absolute Gasteiger partial charge is 0.417 e. The van der Waals surface area contributed by atoms with Gasteiger partial charge in [-0.3, -0.25) is 28.6 Å². The molecule has 2 aromatic heterocycles. The van der Waals surface area contributed by atoms with Crippen LogP contribution in [0, 0.1) is 17.5 Å². The van der Waals surface area contributed by atoms with Crippen molar-refractivity contribution < 1.29 is 53.9 Å². The maximum atomic E-state index is 14.7. The van der Waals surface area contributed by atoms with Gasteiger partial charge in [-0.05, 0) is 12.1 Å². The van der Waals surface area contributed by atoms with Crippen molar-refractivity contribution in [2.75, 3.05) is 11.4 Å². The number of anilines is 1. The van der Waals surface area contributed by atoms with Gasteiger partial charge in [-0.25, -0.2) is 18.2 Å². The molecule has 4 rings (SSSR count). The maximum absolute atomic E-state index is 14.7. The lowest BCUT2D eigenvalue weighted by atomic mass is 10.1. The zero-order valence-electron chi connectivity index (χ0n) is 18.8. The van der Waals surface area contributed by atoms with E-state index in [1.807, 2.05) is 0 Å². The Morgan fingerprint density at radius 1 is 0.949 bits per heavy atom. The Bertz CT molecular complexity index is 1560. The molecule has 0 atom stereocenters. The molecule has 1 saturated heterocycles. The highest BCUT2D eigenvalue weighted by Crippen LogP contribution is 2.33. The topological polar surface area (TPSA) is 101 Å². The Morgan fingerprint density at radius 3 is 2.05 bits per heavy atom. The number of carbonyl (C=O) groups is 3. The van der Waals surface area contributed by atoms with E-state index in [0.29, 0.717) is 5.32 Å². The van der Waals surface area contributed by atoms with E-state index in [9.17, 15) is 58.7 Å². The lowest BCUT2D eigenvalue weighted by molar-refractivity contribution is -0.255. The number of halogens is 9. The van der Waals surface area contributed by atoms with Crippen molar-refractivity contribution in [2.45, 2.75) is 24.8 Å². The number of benzene rings is 1. The van der Waals surface area contributed by atoms with Crippen LogP contribution in [0.4, 0.5) is 45.3 Å². The summed E-state index contributed by atoms with van der Waals surface area (Å²) in [6, 6.07) is -2.29. The first-order valence-corrected chi connectivity index (χ1v) is 10.5. The monoisotopic (exact) mass is 566 g/mol. The van der Waals surface area contributed by atoms with Gasteiger partial charge >= 0.3 is 12.4 Å². The molecular weight excluding hydrogens is 555 g/mol. The summed E-state index contributed by atoms with van der Waals surface area (Å²) in [7, 11) is 0. The van der Waals surface area contributed by atoms with Gasteiger partial charge in [0.1, 0.15) is 22.9 Å². The predicted molar refractivity (Wildman–Crippen MR) is 113 cm³/mol. The number of aromatic nitrogens is 2. The smallest absolute Gasteiger partial charge is 0.333 e. The number of amides is 2. The summed E-state index contributed by atoms with van der Waals surface area (Å²) in [6.07, 6.45) is -12.4. The molecular formula is C22H11F9N4O4. The average molecular weight is 566 g/mol. The number of alkyl halides is 6. The van der Waals surface area contributed by atoms with Crippen LogP contribution in [-0.4, -0.2) is 52.1 Å². The van der Waals surface area contributed by atoms with Gasteiger partial charge in [-0.15, -0.1) is 0 Å². The van der Waals surface area contributed by atoms with Crippen LogP contribution in [0.3, 0.4) is 0 Å². The third-order valence-electron chi connectivity index (χ3n) is 5.49. The molecule has 206 valence electrons. The average Bonchev–Trinajstić information content (AvgIpc) is 3.14. The minimum Gasteiger partial charge on any atom is -0.333 e. The predicted octanol–water partition coefficient (Wildman–Crippen LogP) is 3.33.